The van der Waals surface area contributed by atoms with Crippen LogP contribution in [0.2, 0.25) is 0 Å². The molecule has 15 heavy (non-hydrogen) atoms. The van der Waals surface area contributed by atoms with Crippen molar-refractivity contribution in [2.75, 3.05) is 33.5 Å². The number of nitrogens with zero attached hydrogens (tertiary/aromatic N) is 1. The van der Waals surface area contributed by atoms with Gasteiger partial charge in [-0.1, -0.05) is 0 Å². The lowest BCUT2D eigenvalue weighted by Gasteiger charge is -2.39. The second-order valence-electron chi connectivity index (χ2n) is 4.18. The van der Waals surface area contributed by atoms with Crippen molar-refractivity contribution < 1.29 is 9.47 Å². The fourth-order valence-electron chi connectivity index (χ4n) is 1.90. The number of hydrogen-bond acceptors (Lipinski definition) is 3. The summed E-state index contributed by atoms with van der Waals surface area (Å²) in [5, 5.41) is 7.58. The Morgan fingerprint density at radius 1 is 1.67 bits per heavy atom. The van der Waals surface area contributed by atoms with Crippen molar-refractivity contribution in [3.63, 3.8) is 0 Å². The number of guanidine groups is 1. The summed E-state index contributed by atoms with van der Waals surface area (Å²) in [6.45, 7) is 4.86. The standard InChI is InChI=1S/C10H21N3O2/c1-10(4-7-14-2)8-15-6-3-5-13(10)9(11)12/h3-8H2,1-2H3,(H3,11,12). The Morgan fingerprint density at radius 3 is 3.00 bits per heavy atom. The molecule has 0 aromatic carbocycles. The van der Waals surface area contributed by atoms with Gasteiger partial charge in [0, 0.05) is 26.9 Å². The molecule has 0 aromatic heterocycles. The molecule has 1 saturated heterocycles. The van der Waals surface area contributed by atoms with Gasteiger partial charge in [0.15, 0.2) is 5.96 Å². The van der Waals surface area contributed by atoms with Crippen LogP contribution in [-0.4, -0.2) is 49.9 Å². The summed E-state index contributed by atoms with van der Waals surface area (Å²) >= 11 is 0. The average molecular weight is 215 g/mol. The maximum atomic E-state index is 7.58. The highest BCUT2D eigenvalue weighted by molar-refractivity contribution is 5.75. The van der Waals surface area contributed by atoms with Crippen molar-refractivity contribution in [3.8, 4) is 0 Å². The zero-order chi connectivity index (χ0) is 11.3. The van der Waals surface area contributed by atoms with Gasteiger partial charge in [0.25, 0.3) is 0 Å². The van der Waals surface area contributed by atoms with E-state index in [4.69, 9.17) is 20.6 Å². The Labute approximate surface area is 91.0 Å². The molecule has 0 bridgehead atoms. The van der Waals surface area contributed by atoms with Gasteiger partial charge >= 0.3 is 0 Å². The third-order valence-corrected chi connectivity index (χ3v) is 2.87. The second kappa shape index (κ2) is 5.32. The Kier molecular flexibility index (Phi) is 4.35. The fraction of sp³-hybridized carbons (Fsp3) is 0.900. The van der Waals surface area contributed by atoms with Crippen molar-refractivity contribution in [1.29, 1.82) is 5.41 Å². The van der Waals surface area contributed by atoms with E-state index in [9.17, 15) is 0 Å². The molecule has 5 nitrogen and oxygen atoms in total. The third-order valence-electron chi connectivity index (χ3n) is 2.87. The SMILES string of the molecule is COCCC1(C)COCCCN1C(=N)N. The summed E-state index contributed by atoms with van der Waals surface area (Å²) in [5.74, 6) is 0.124. The first-order valence-corrected chi connectivity index (χ1v) is 5.28. The molecular weight excluding hydrogens is 194 g/mol. The molecule has 0 saturated carbocycles. The van der Waals surface area contributed by atoms with E-state index >= 15 is 0 Å². The smallest absolute Gasteiger partial charge is 0.188 e. The van der Waals surface area contributed by atoms with Crippen LogP contribution in [0.4, 0.5) is 0 Å². The van der Waals surface area contributed by atoms with Gasteiger partial charge in [-0.2, -0.15) is 0 Å². The highest BCUT2D eigenvalue weighted by atomic mass is 16.5. The van der Waals surface area contributed by atoms with E-state index in [0.29, 0.717) is 13.2 Å². The average Bonchev–Trinajstić information content (AvgIpc) is 2.37. The molecule has 88 valence electrons. The molecular formula is C10H21N3O2. The predicted octanol–water partition coefficient (Wildman–Crippen LogP) is 0.397. The molecule has 1 aliphatic heterocycles. The van der Waals surface area contributed by atoms with Crippen LogP contribution < -0.4 is 5.73 Å². The first kappa shape index (κ1) is 12.3. The van der Waals surface area contributed by atoms with Gasteiger partial charge in [-0.25, -0.2) is 0 Å². The highest BCUT2D eigenvalue weighted by Gasteiger charge is 2.34. The Balaban J connectivity index is 2.71. The minimum atomic E-state index is -0.210. The van der Waals surface area contributed by atoms with Crippen LogP contribution in [0.3, 0.4) is 0 Å². The number of methoxy groups -OCH3 is 1. The fourth-order valence-corrected chi connectivity index (χ4v) is 1.90. The molecule has 0 aliphatic carbocycles. The lowest BCUT2D eigenvalue weighted by Crippen LogP contribution is -2.54. The van der Waals surface area contributed by atoms with Gasteiger partial charge < -0.3 is 20.1 Å². The molecule has 3 N–H and O–H groups in total. The normalized spacial score (nSPS) is 27.5. The Bertz CT molecular complexity index is 223. The molecule has 1 aliphatic rings. The van der Waals surface area contributed by atoms with Gasteiger partial charge in [0.1, 0.15) is 0 Å². The number of rotatable bonds is 3. The summed E-state index contributed by atoms with van der Waals surface area (Å²) in [5.41, 5.74) is 5.39. The summed E-state index contributed by atoms with van der Waals surface area (Å²) in [6.07, 6.45) is 1.74. The molecule has 0 aromatic rings. The van der Waals surface area contributed by atoms with Crippen LogP contribution in [0.15, 0.2) is 0 Å². The maximum Gasteiger partial charge on any atom is 0.188 e. The predicted molar refractivity (Wildman–Crippen MR) is 59.0 cm³/mol. The monoisotopic (exact) mass is 215 g/mol. The van der Waals surface area contributed by atoms with Crippen LogP contribution in [0.25, 0.3) is 0 Å². The van der Waals surface area contributed by atoms with E-state index < -0.39 is 0 Å². The van der Waals surface area contributed by atoms with E-state index in [2.05, 4.69) is 6.92 Å². The minimum absolute atomic E-state index is 0.124. The summed E-state index contributed by atoms with van der Waals surface area (Å²) in [7, 11) is 1.68. The summed E-state index contributed by atoms with van der Waals surface area (Å²) in [6, 6.07) is 0. The van der Waals surface area contributed by atoms with Gasteiger partial charge in [-0.15, -0.1) is 0 Å². The molecule has 1 rings (SSSR count). The van der Waals surface area contributed by atoms with Crippen molar-refractivity contribution in [3.05, 3.63) is 0 Å². The molecule has 0 amide bonds. The van der Waals surface area contributed by atoms with Crippen molar-refractivity contribution in [1.82, 2.24) is 4.90 Å². The molecule has 1 atom stereocenters. The Hall–Kier alpha value is -0.810. The molecule has 0 spiro atoms. The second-order valence-corrected chi connectivity index (χ2v) is 4.18. The lowest BCUT2D eigenvalue weighted by atomic mass is 9.97. The van der Waals surface area contributed by atoms with Crippen LogP contribution >= 0.6 is 0 Å². The maximum absolute atomic E-state index is 7.58. The lowest BCUT2D eigenvalue weighted by molar-refractivity contribution is 0.0439. The quantitative estimate of drug-likeness (QED) is 0.528. The van der Waals surface area contributed by atoms with Crippen molar-refractivity contribution >= 4 is 5.96 Å². The first-order valence-electron chi connectivity index (χ1n) is 5.28. The first-order chi connectivity index (χ1) is 7.10. The van der Waals surface area contributed by atoms with Crippen molar-refractivity contribution in [2.45, 2.75) is 25.3 Å². The van der Waals surface area contributed by atoms with E-state index in [1.165, 1.54) is 0 Å². The van der Waals surface area contributed by atoms with Gasteiger partial charge in [0.05, 0.1) is 12.1 Å². The topological polar surface area (TPSA) is 71.6 Å². The summed E-state index contributed by atoms with van der Waals surface area (Å²) in [4.78, 5) is 1.92. The van der Waals surface area contributed by atoms with Crippen LogP contribution in [0.1, 0.15) is 19.8 Å². The molecule has 1 fully saturated rings. The van der Waals surface area contributed by atoms with E-state index in [1.807, 2.05) is 4.90 Å². The van der Waals surface area contributed by atoms with E-state index in [-0.39, 0.29) is 11.5 Å². The minimum Gasteiger partial charge on any atom is -0.385 e. The van der Waals surface area contributed by atoms with Crippen LogP contribution in [0.5, 0.6) is 0 Å². The summed E-state index contributed by atoms with van der Waals surface area (Å²) < 4.78 is 10.6. The number of nitrogens with one attached hydrogen (secondary N) is 1. The number of nitrogens with two attached hydrogens (primary N) is 1. The van der Waals surface area contributed by atoms with Gasteiger partial charge in [-0.05, 0) is 19.8 Å². The van der Waals surface area contributed by atoms with Gasteiger partial charge in [0.2, 0.25) is 0 Å². The number of ether oxygens (including phenoxy) is 2. The third kappa shape index (κ3) is 3.07. The molecule has 1 heterocycles. The van der Waals surface area contributed by atoms with Crippen molar-refractivity contribution in [2.24, 2.45) is 5.73 Å². The van der Waals surface area contributed by atoms with Gasteiger partial charge in [-0.3, -0.25) is 5.41 Å². The van der Waals surface area contributed by atoms with Crippen LogP contribution in [-0.2, 0) is 9.47 Å². The largest absolute Gasteiger partial charge is 0.385 e. The zero-order valence-electron chi connectivity index (χ0n) is 9.58. The van der Waals surface area contributed by atoms with Crippen LogP contribution in [0, 0.1) is 5.41 Å². The number of hydrogen-bond donors (Lipinski definition) is 2. The van der Waals surface area contributed by atoms with E-state index in [0.717, 1.165) is 26.0 Å². The molecule has 0 radical (unpaired) electrons. The molecule has 1 unspecified atom stereocenters. The highest BCUT2D eigenvalue weighted by Crippen LogP contribution is 2.22. The molecule has 5 heteroatoms. The zero-order valence-corrected chi connectivity index (χ0v) is 9.58. The Morgan fingerprint density at radius 2 is 2.40 bits per heavy atom. The van der Waals surface area contributed by atoms with E-state index in [1.54, 1.807) is 7.11 Å².